The third-order valence-corrected chi connectivity index (χ3v) is 4.41. The number of anilines is 3. The molecular weight excluding hydrogens is 268 g/mol. The summed E-state index contributed by atoms with van der Waals surface area (Å²) >= 11 is 0. The maximum absolute atomic E-state index is 9.83. The molecular formula is C14H26N6O. The second-order valence-corrected chi connectivity index (χ2v) is 5.97. The summed E-state index contributed by atoms with van der Waals surface area (Å²) in [6, 6.07) is 0.171. The smallest absolute Gasteiger partial charge is 0.231 e. The van der Waals surface area contributed by atoms with E-state index in [1.165, 1.54) is 0 Å². The van der Waals surface area contributed by atoms with Gasteiger partial charge in [-0.25, -0.2) is 0 Å². The van der Waals surface area contributed by atoms with Crippen molar-refractivity contribution in [2.75, 3.05) is 35.7 Å². The van der Waals surface area contributed by atoms with E-state index >= 15 is 0 Å². The summed E-state index contributed by atoms with van der Waals surface area (Å²) in [5.74, 6) is 1.77. The minimum atomic E-state index is -0.275. The molecule has 1 aliphatic carbocycles. The van der Waals surface area contributed by atoms with Crippen molar-refractivity contribution in [3.63, 3.8) is 0 Å². The van der Waals surface area contributed by atoms with Crippen molar-refractivity contribution >= 4 is 17.8 Å². The predicted octanol–water partition coefficient (Wildman–Crippen LogP) is 1.33. The molecule has 0 amide bonds. The first-order valence-corrected chi connectivity index (χ1v) is 7.55. The summed E-state index contributed by atoms with van der Waals surface area (Å²) in [7, 11) is 1.79. The lowest BCUT2D eigenvalue weighted by Gasteiger charge is -2.49. The van der Waals surface area contributed by atoms with E-state index in [4.69, 9.17) is 0 Å². The minimum Gasteiger partial charge on any atom is -0.392 e. The van der Waals surface area contributed by atoms with Gasteiger partial charge in [-0.3, -0.25) is 0 Å². The normalized spacial score (nSPS) is 23.3. The summed E-state index contributed by atoms with van der Waals surface area (Å²) in [5.41, 5.74) is -0.165. The first-order valence-electron chi connectivity index (χ1n) is 7.55. The molecule has 1 fully saturated rings. The summed E-state index contributed by atoms with van der Waals surface area (Å²) in [6.07, 6.45) is 0.441. The second-order valence-electron chi connectivity index (χ2n) is 5.97. The fourth-order valence-electron chi connectivity index (χ4n) is 2.49. The molecule has 3 N–H and O–H groups in total. The second kappa shape index (κ2) is 6.01. The third kappa shape index (κ3) is 3.02. The zero-order valence-electron chi connectivity index (χ0n) is 13.5. The standard InChI is InChI=1S/C14H26N6O/c1-6-20(7-2)13-18-11(15-5)17-12(19-13)16-9-8-10(21)14(9,3)4/h9-10,21H,6-8H2,1-5H3,(H2,15,16,17,18,19). The van der Waals surface area contributed by atoms with E-state index in [1.807, 2.05) is 13.8 Å². The molecule has 1 saturated carbocycles. The van der Waals surface area contributed by atoms with Gasteiger partial charge in [-0.1, -0.05) is 13.8 Å². The Hall–Kier alpha value is -1.63. The van der Waals surface area contributed by atoms with Crippen LogP contribution in [0.15, 0.2) is 0 Å². The highest BCUT2D eigenvalue weighted by Crippen LogP contribution is 2.41. The molecule has 2 rings (SSSR count). The minimum absolute atomic E-state index is 0.165. The quantitative estimate of drug-likeness (QED) is 0.729. The first kappa shape index (κ1) is 15.8. The average molecular weight is 294 g/mol. The van der Waals surface area contributed by atoms with Gasteiger partial charge in [-0.05, 0) is 20.3 Å². The van der Waals surface area contributed by atoms with E-state index in [0.29, 0.717) is 24.3 Å². The number of rotatable bonds is 6. The number of nitrogens with zero attached hydrogens (tertiary/aromatic N) is 4. The maximum atomic E-state index is 9.83. The fraction of sp³-hybridized carbons (Fsp3) is 0.786. The van der Waals surface area contributed by atoms with Crippen LogP contribution >= 0.6 is 0 Å². The Labute approximate surface area is 126 Å². The topological polar surface area (TPSA) is 86.2 Å². The third-order valence-electron chi connectivity index (χ3n) is 4.41. The van der Waals surface area contributed by atoms with Crippen LogP contribution in [0.3, 0.4) is 0 Å². The van der Waals surface area contributed by atoms with Gasteiger partial charge in [0.05, 0.1) is 6.10 Å². The Balaban J connectivity index is 2.21. The van der Waals surface area contributed by atoms with Crippen LogP contribution in [0.25, 0.3) is 0 Å². The van der Waals surface area contributed by atoms with Crippen molar-refractivity contribution in [1.82, 2.24) is 15.0 Å². The van der Waals surface area contributed by atoms with E-state index in [1.54, 1.807) is 7.05 Å². The lowest BCUT2D eigenvalue weighted by Crippen LogP contribution is -2.57. The molecule has 1 aromatic rings. The molecule has 0 saturated heterocycles. The monoisotopic (exact) mass is 294 g/mol. The zero-order chi connectivity index (χ0) is 15.6. The number of aliphatic hydroxyl groups is 1. The van der Waals surface area contributed by atoms with Crippen molar-refractivity contribution in [2.45, 2.75) is 46.3 Å². The SMILES string of the molecule is CCN(CC)c1nc(NC)nc(NC2CC(O)C2(C)C)n1. The van der Waals surface area contributed by atoms with Gasteiger partial charge in [0.1, 0.15) is 0 Å². The lowest BCUT2D eigenvalue weighted by molar-refractivity contribution is -0.0512. The van der Waals surface area contributed by atoms with Crippen molar-refractivity contribution < 1.29 is 5.11 Å². The van der Waals surface area contributed by atoms with Gasteiger partial charge in [0.25, 0.3) is 0 Å². The van der Waals surface area contributed by atoms with Crippen LogP contribution < -0.4 is 15.5 Å². The molecule has 7 heteroatoms. The number of hydrogen-bond donors (Lipinski definition) is 3. The molecule has 118 valence electrons. The highest BCUT2D eigenvalue weighted by atomic mass is 16.3. The Kier molecular flexibility index (Phi) is 4.51. The highest BCUT2D eigenvalue weighted by Gasteiger charge is 2.47. The van der Waals surface area contributed by atoms with Crippen LogP contribution in [0.4, 0.5) is 17.8 Å². The maximum Gasteiger partial charge on any atom is 0.231 e. The van der Waals surface area contributed by atoms with E-state index in [-0.39, 0.29) is 17.6 Å². The first-order chi connectivity index (χ1) is 9.92. The summed E-state index contributed by atoms with van der Waals surface area (Å²) in [4.78, 5) is 15.3. The van der Waals surface area contributed by atoms with Gasteiger partial charge in [-0.2, -0.15) is 15.0 Å². The average Bonchev–Trinajstić information content (AvgIpc) is 2.48. The van der Waals surface area contributed by atoms with Crippen molar-refractivity contribution in [1.29, 1.82) is 0 Å². The highest BCUT2D eigenvalue weighted by molar-refractivity contribution is 5.44. The van der Waals surface area contributed by atoms with Gasteiger partial charge in [-0.15, -0.1) is 0 Å². The molecule has 0 aliphatic heterocycles. The van der Waals surface area contributed by atoms with Crippen molar-refractivity contribution in [3.05, 3.63) is 0 Å². The number of nitrogens with one attached hydrogen (secondary N) is 2. The molecule has 0 bridgehead atoms. The van der Waals surface area contributed by atoms with Gasteiger partial charge in [0.2, 0.25) is 17.8 Å². The number of aliphatic hydroxyl groups excluding tert-OH is 1. The Bertz CT molecular complexity index is 488. The molecule has 0 spiro atoms. The fourth-order valence-corrected chi connectivity index (χ4v) is 2.49. The van der Waals surface area contributed by atoms with Crippen molar-refractivity contribution in [2.24, 2.45) is 5.41 Å². The van der Waals surface area contributed by atoms with Gasteiger partial charge in [0, 0.05) is 31.6 Å². The van der Waals surface area contributed by atoms with Crippen LogP contribution in [0.1, 0.15) is 34.1 Å². The van der Waals surface area contributed by atoms with Crippen LogP contribution in [0.5, 0.6) is 0 Å². The van der Waals surface area contributed by atoms with Crippen LogP contribution in [0, 0.1) is 5.41 Å². The molecule has 1 heterocycles. The molecule has 21 heavy (non-hydrogen) atoms. The van der Waals surface area contributed by atoms with Gasteiger partial charge >= 0.3 is 0 Å². The van der Waals surface area contributed by atoms with E-state index in [9.17, 15) is 5.11 Å². The summed E-state index contributed by atoms with van der Waals surface area (Å²) in [5, 5.41) is 16.1. The summed E-state index contributed by atoms with van der Waals surface area (Å²) in [6.45, 7) is 9.93. The van der Waals surface area contributed by atoms with Gasteiger partial charge < -0.3 is 20.6 Å². The van der Waals surface area contributed by atoms with Crippen LogP contribution in [0.2, 0.25) is 0 Å². The zero-order valence-corrected chi connectivity index (χ0v) is 13.5. The van der Waals surface area contributed by atoms with E-state index in [2.05, 4.69) is 44.3 Å². The van der Waals surface area contributed by atoms with Crippen molar-refractivity contribution in [3.8, 4) is 0 Å². The Morgan fingerprint density at radius 1 is 1.19 bits per heavy atom. The predicted molar refractivity (Wildman–Crippen MR) is 84.8 cm³/mol. The molecule has 7 nitrogen and oxygen atoms in total. The van der Waals surface area contributed by atoms with Gasteiger partial charge in [0.15, 0.2) is 0 Å². The molecule has 0 radical (unpaired) electrons. The van der Waals surface area contributed by atoms with E-state index < -0.39 is 0 Å². The van der Waals surface area contributed by atoms with Crippen LogP contribution in [-0.2, 0) is 0 Å². The van der Waals surface area contributed by atoms with Crippen LogP contribution in [-0.4, -0.2) is 52.3 Å². The molecule has 1 aliphatic rings. The lowest BCUT2D eigenvalue weighted by atomic mass is 9.65. The molecule has 1 aromatic heterocycles. The Morgan fingerprint density at radius 2 is 1.81 bits per heavy atom. The Morgan fingerprint density at radius 3 is 2.29 bits per heavy atom. The molecule has 0 aromatic carbocycles. The molecule has 2 unspecified atom stereocenters. The van der Waals surface area contributed by atoms with E-state index in [0.717, 1.165) is 13.1 Å². The number of hydrogen-bond acceptors (Lipinski definition) is 7. The largest absolute Gasteiger partial charge is 0.392 e. The summed E-state index contributed by atoms with van der Waals surface area (Å²) < 4.78 is 0. The number of aromatic nitrogens is 3. The molecule has 2 atom stereocenters.